The molecule has 0 amide bonds. The molecule has 0 aliphatic carbocycles. The second-order valence-corrected chi connectivity index (χ2v) is 13.4. The Morgan fingerprint density at radius 3 is 0.904 bits per heavy atom. The minimum absolute atomic E-state index is 0.392. The average molecular weight is 699 g/mol. The predicted molar refractivity (Wildman–Crippen MR) is 200 cm³/mol. The number of carbonyl (C=O) groups excluding carboxylic acids is 2. The summed E-state index contributed by atoms with van der Waals surface area (Å²) in [5, 5.41) is 0. The summed E-state index contributed by atoms with van der Waals surface area (Å²) in [5.74, 6) is 20.1. The minimum atomic E-state index is -0.580. The molecule has 0 aromatic heterocycles. The van der Waals surface area contributed by atoms with E-state index in [1.165, 1.54) is 0 Å². The largest absolute Gasteiger partial charge is 0.495 e. The Labute approximate surface area is 306 Å². The lowest BCUT2D eigenvalue weighted by atomic mass is 10.1. The molecule has 0 aliphatic heterocycles. The summed E-state index contributed by atoms with van der Waals surface area (Å²) in [4.78, 5) is 24.7. The van der Waals surface area contributed by atoms with Crippen molar-refractivity contribution in [1.82, 2.24) is 0 Å². The van der Waals surface area contributed by atoms with Crippen molar-refractivity contribution >= 4 is 11.9 Å². The maximum atomic E-state index is 12.4. The van der Waals surface area contributed by atoms with Crippen LogP contribution in [0, 0.1) is 35.5 Å². The van der Waals surface area contributed by atoms with Gasteiger partial charge in [0.1, 0.15) is 34.2 Å². The fourth-order valence-corrected chi connectivity index (χ4v) is 4.65. The molecule has 4 aromatic carbocycles. The Bertz CT molecular complexity index is 1980. The Kier molecular flexibility index (Phi) is 12.3. The molecule has 0 radical (unpaired) electrons. The van der Waals surface area contributed by atoms with Crippen molar-refractivity contribution in [2.75, 3.05) is 28.4 Å². The standard InChI is InChI=1S/C44H42O8/c1-43(2,3)51-41(45)31-17-11-29(12-18-31)15-21-33-25-39(49-9)35(27-37(33)47-7)23-24-36-28-38(48-8)34(26-40(36)50-10)22-16-30-13-19-32(20-14-30)42(46)52-44(4,5)6/h11-14,17-20,25-28H,1-10H3. The zero-order chi connectivity index (χ0) is 38.1. The van der Waals surface area contributed by atoms with Gasteiger partial charge in [-0.05, 0) is 90.1 Å². The molecular weight excluding hydrogens is 656 g/mol. The molecule has 0 saturated heterocycles. The lowest BCUT2D eigenvalue weighted by molar-refractivity contribution is 0.00570. The number of rotatable bonds is 6. The van der Waals surface area contributed by atoms with E-state index < -0.39 is 23.1 Å². The van der Waals surface area contributed by atoms with Crippen LogP contribution in [0.2, 0.25) is 0 Å². The molecule has 0 spiro atoms. The number of ether oxygens (including phenoxy) is 6. The van der Waals surface area contributed by atoms with Gasteiger partial charge < -0.3 is 28.4 Å². The summed E-state index contributed by atoms with van der Waals surface area (Å²) < 4.78 is 33.5. The first-order valence-corrected chi connectivity index (χ1v) is 16.4. The van der Waals surface area contributed by atoms with Gasteiger partial charge in [0.2, 0.25) is 0 Å². The molecule has 8 heteroatoms. The Hall–Kier alpha value is -6.30. The van der Waals surface area contributed by atoms with Crippen molar-refractivity contribution in [3.05, 3.63) is 117 Å². The van der Waals surface area contributed by atoms with Gasteiger partial charge in [0.25, 0.3) is 0 Å². The molecule has 0 saturated carbocycles. The van der Waals surface area contributed by atoms with Crippen molar-refractivity contribution in [1.29, 1.82) is 0 Å². The van der Waals surface area contributed by atoms with Crippen molar-refractivity contribution in [3.63, 3.8) is 0 Å². The normalized spacial score (nSPS) is 10.6. The second-order valence-electron chi connectivity index (χ2n) is 13.4. The maximum Gasteiger partial charge on any atom is 0.338 e. The van der Waals surface area contributed by atoms with Crippen LogP contribution in [-0.2, 0) is 9.47 Å². The summed E-state index contributed by atoms with van der Waals surface area (Å²) in [6.07, 6.45) is 0. The third-order valence-corrected chi connectivity index (χ3v) is 7.10. The minimum Gasteiger partial charge on any atom is -0.495 e. The highest BCUT2D eigenvalue weighted by atomic mass is 16.6. The van der Waals surface area contributed by atoms with Crippen molar-refractivity contribution in [2.24, 2.45) is 0 Å². The molecule has 4 aromatic rings. The van der Waals surface area contributed by atoms with E-state index >= 15 is 0 Å². The highest BCUT2D eigenvalue weighted by molar-refractivity contribution is 5.90. The van der Waals surface area contributed by atoms with Crippen LogP contribution in [0.25, 0.3) is 0 Å². The smallest absolute Gasteiger partial charge is 0.338 e. The van der Waals surface area contributed by atoms with Crippen LogP contribution in [0.15, 0.2) is 72.8 Å². The molecule has 0 N–H and O–H groups in total. The fraction of sp³-hybridized carbons (Fsp3) is 0.273. The van der Waals surface area contributed by atoms with Crippen molar-refractivity contribution < 1.29 is 38.0 Å². The van der Waals surface area contributed by atoms with E-state index in [0.717, 1.165) is 0 Å². The van der Waals surface area contributed by atoms with Crippen LogP contribution in [0.4, 0.5) is 0 Å². The zero-order valence-corrected chi connectivity index (χ0v) is 31.2. The second kappa shape index (κ2) is 16.6. The van der Waals surface area contributed by atoms with Crippen LogP contribution < -0.4 is 18.9 Å². The number of carbonyl (C=O) groups is 2. The molecule has 0 aliphatic rings. The predicted octanol–water partition coefficient (Wildman–Crippen LogP) is 7.83. The molecule has 266 valence electrons. The van der Waals surface area contributed by atoms with Crippen LogP contribution >= 0.6 is 0 Å². The zero-order valence-electron chi connectivity index (χ0n) is 31.2. The first kappa shape index (κ1) is 38.5. The van der Waals surface area contributed by atoms with Gasteiger partial charge in [-0.3, -0.25) is 0 Å². The number of methoxy groups -OCH3 is 4. The molecule has 0 atom stereocenters. The lowest BCUT2D eigenvalue weighted by Gasteiger charge is -2.19. The van der Waals surface area contributed by atoms with E-state index in [1.54, 1.807) is 101 Å². The van der Waals surface area contributed by atoms with Crippen LogP contribution in [-0.4, -0.2) is 51.6 Å². The van der Waals surface area contributed by atoms with E-state index in [-0.39, 0.29) is 0 Å². The van der Waals surface area contributed by atoms with Gasteiger partial charge in [-0.15, -0.1) is 0 Å². The molecule has 4 rings (SSSR count). The summed E-state index contributed by atoms with van der Waals surface area (Å²) in [6.45, 7) is 11.0. The third-order valence-electron chi connectivity index (χ3n) is 7.10. The highest BCUT2D eigenvalue weighted by Gasteiger charge is 2.19. The van der Waals surface area contributed by atoms with Gasteiger partial charge in [0, 0.05) is 35.4 Å². The van der Waals surface area contributed by atoms with E-state index in [0.29, 0.717) is 67.5 Å². The van der Waals surface area contributed by atoms with E-state index in [9.17, 15) is 9.59 Å². The molecule has 0 bridgehead atoms. The van der Waals surface area contributed by atoms with E-state index in [2.05, 4.69) is 35.5 Å². The molecule has 8 nitrogen and oxygen atoms in total. The van der Waals surface area contributed by atoms with Crippen LogP contribution in [0.3, 0.4) is 0 Å². The maximum absolute atomic E-state index is 12.4. The van der Waals surface area contributed by atoms with E-state index in [4.69, 9.17) is 28.4 Å². The summed E-state index contributed by atoms with van der Waals surface area (Å²) in [5.41, 5.74) is 3.51. The molecule has 0 fully saturated rings. The van der Waals surface area contributed by atoms with Gasteiger partial charge in [-0.2, -0.15) is 0 Å². The SMILES string of the molecule is COc1cc(C#Cc2cc(OC)c(C#Cc3ccc(C(=O)OC(C)(C)C)cc3)cc2OC)c(OC)cc1C#Cc1ccc(C(=O)OC(C)(C)C)cc1. The quantitative estimate of drug-likeness (QED) is 0.149. The topological polar surface area (TPSA) is 89.5 Å². The Morgan fingerprint density at radius 2 is 0.673 bits per heavy atom. The molecule has 0 unspecified atom stereocenters. The monoisotopic (exact) mass is 698 g/mol. The Balaban J connectivity index is 1.59. The molecule has 0 heterocycles. The lowest BCUT2D eigenvalue weighted by Crippen LogP contribution is -2.23. The number of benzene rings is 4. The summed E-state index contributed by atoms with van der Waals surface area (Å²) >= 11 is 0. The summed E-state index contributed by atoms with van der Waals surface area (Å²) in [7, 11) is 6.23. The van der Waals surface area contributed by atoms with Crippen LogP contribution in [0.5, 0.6) is 23.0 Å². The van der Waals surface area contributed by atoms with Gasteiger partial charge in [0.15, 0.2) is 0 Å². The van der Waals surface area contributed by atoms with Gasteiger partial charge in [0.05, 0.1) is 61.8 Å². The van der Waals surface area contributed by atoms with Crippen molar-refractivity contribution in [3.8, 4) is 58.5 Å². The summed E-state index contributed by atoms with van der Waals surface area (Å²) in [6, 6.07) is 20.9. The first-order valence-electron chi connectivity index (χ1n) is 16.4. The highest BCUT2D eigenvalue weighted by Crippen LogP contribution is 2.30. The van der Waals surface area contributed by atoms with Crippen LogP contribution in [0.1, 0.15) is 95.6 Å². The average Bonchev–Trinajstić information content (AvgIpc) is 3.10. The van der Waals surface area contributed by atoms with Crippen molar-refractivity contribution in [2.45, 2.75) is 52.7 Å². The van der Waals surface area contributed by atoms with Gasteiger partial charge in [-0.1, -0.05) is 35.5 Å². The first-order chi connectivity index (χ1) is 24.6. The number of hydrogen-bond donors (Lipinski definition) is 0. The number of esters is 2. The molecular formula is C44H42O8. The Morgan fingerprint density at radius 1 is 0.423 bits per heavy atom. The fourth-order valence-electron chi connectivity index (χ4n) is 4.65. The van der Waals surface area contributed by atoms with E-state index in [1.807, 2.05) is 41.5 Å². The van der Waals surface area contributed by atoms with Gasteiger partial charge >= 0.3 is 11.9 Å². The number of hydrogen-bond acceptors (Lipinski definition) is 8. The van der Waals surface area contributed by atoms with Gasteiger partial charge in [-0.25, -0.2) is 9.59 Å². The molecule has 52 heavy (non-hydrogen) atoms. The third kappa shape index (κ3) is 10.6.